The van der Waals surface area contributed by atoms with Gasteiger partial charge in [0.05, 0.1) is 16.8 Å². The summed E-state index contributed by atoms with van der Waals surface area (Å²) in [5, 5.41) is 0. The number of nitrogens with two attached hydrogens (primary N) is 1. The summed E-state index contributed by atoms with van der Waals surface area (Å²) in [6, 6.07) is 7.65. The molecule has 1 aromatic heterocycles. The van der Waals surface area contributed by atoms with Crippen LogP contribution in [0.5, 0.6) is 17.5 Å². The molecule has 106 valence electrons. The number of ether oxygens (including phenoxy) is 2. The van der Waals surface area contributed by atoms with Gasteiger partial charge < -0.3 is 15.2 Å². The van der Waals surface area contributed by atoms with Crippen molar-refractivity contribution in [3.63, 3.8) is 0 Å². The fourth-order valence-electron chi connectivity index (χ4n) is 1.47. The van der Waals surface area contributed by atoms with Crippen LogP contribution in [0, 0.1) is 5.82 Å². The zero-order valence-electron chi connectivity index (χ0n) is 10.9. The number of aromatic nitrogens is 1. The first-order chi connectivity index (χ1) is 9.60. The number of hydrogen-bond donors (Lipinski definition) is 1. The van der Waals surface area contributed by atoms with Crippen LogP contribution in [0.2, 0.25) is 0 Å². The van der Waals surface area contributed by atoms with E-state index in [0.29, 0.717) is 34.3 Å². The van der Waals surface area contributed by atoms with Crippen molar-refractivity contribution in [2.75, 3.05) is 12.3 Å². The Hall–Kier alpha value is -1.82. The summed E-state index contributed by atoms with van der Waals surface area (Å²) in [5.41, 5.74) is 6.22. The largest absolute Gasteiger partial charge is 0.476 e. The van der Waals surface area contributed by atoms with Crippen molar-refractivity contribution in [3.05, 3.63) is 40.6 Å². The highest BCUT2D eigenvalue weighted by molar-refractivity contribution is 9.10. The molecule has 0 atom stereocenters. The third-order valence-electron chi connectivity index (χ3n) is 2.42. The Labute approximate surface area is 124 Å². The van der Waals surface area contributed by atoms with E-state index in [0.717, 1.165) is 6.42 Å². The van der Waals surface area contributed by atoms with Gasteiger partial charge in [-0.1, -0.05) is 6.92 Å². The van der Waals surface area contributed by atoms with Gasteiger partial charge in [0, 0.05) is 6.07 Å². The first-order valence-corrected chi connectivity index (χ1v) is 6.91. The summed E-state index contributed by atoms with van der Waals surface area (Å²) in [4.78, 5) is 4.18. The standard InChI is InChI=1S/C14H14BrFN2O2/c1-2-7-19-14-12(17)5-6-13(18-14)20-9-3-4-11(16)10(15)8-9/h3-6,8H,2,7,17H2,1H3. The SMILES string of the molecule is CCCOc1nc(Oc2ccc(F)c(Br)c2)ccc1N. The molecule has 0 fully saturated rings. The Bertz CT molecular complexity index is 608. The van der Waals surface area contributed by atoms with Gasteiger partial charge >= 0.3 is 0 Å². The molecule has 0 saturated heterocycles. The fraction of sp³-hybridized carbons (Fsp3) is 0.214. The fourth-order valence-corrected chi connectivity index (χ4v) is 1.82. The number of nitrogen functional groups attached to an aromatic ring is 1. The number of halogens is 2. The van der Waals surface area contributed by atoms with Crippen LogP contribution in [0.1, 0.15) is 13.3 Å². The molecule has 0 radical (unpaired) electrons. The minimum absolute atomic E-state index is 0.327. The van der Waals surface area contributed by atoms with Crippen LogP contribution in [0.15, 0.2) is 34.8 Å². The van der Waals surface area contributed by atoms with E-state index in [1.807, 2.05) is 6.92 Å². The molecular formula is C14H14BrFN2O2. The van der Waals surface area contributed by atoms with Crippen LogP contribution in [-0.2, 0) is 0 Å². The lowest BCUT2D eigenvalue weighted by molar-refractivity contribution is 0.302. The molecule has 1 heterocycles. The summed E-state index contributed by atoms with van der Waals surface area (Å²) < 4.78 is 24.4. The molecule has 1 aromatic carbocycles. The molecule has 2 rings (SSSR count). The second-order valence-corrected chi connectivity index (χ2v) is 4.92. The Balaban J connectivity index is 2.18. The monoisotopic (exact) mass is 340 g/mol. The van der Waals surface area contributed by atoms with E-state index < -0.39 is 0 Å². The van der Waals surface area contributed by atoms with Gasteiger partial charge in [0.15, 0.2) is 0 Å². The van der Waals surface area contributed by atoms with Crippen molar-refractivity contribution in [3.8, 4) is 17.5 Å². The Morgan fingerprint density at radius 2 is 2.10 bits per heavy atom. The molecule has 0 aliphatic heterocycles. The van der Waals surface area contributed by atoms with Gasteiger partial charge in [-0.25, -0.2) is 4.39 Å². The minimum atomic E-state index is -0.352. The Morgan fingerprint density at radius 1 is 1.30 bits per heavy atom. The highest BCUT2D eigenvalue weighted by atomic mass is 79.9. The smallest absolute Gasteiger partial charge is 0.240 e. The van der Waals surface area contributed by atoms with Crippen molar-refractivity contribution < 1.29 is 13.9 Å². The van der Waals surface area contributed by atoms with Gasteiger partial charge in [-0.05, 0) is 46.6 Å². The molecule has 0 aliphatic carbocycles. The summed E-state index contributed by atoms with van der Waals surface area (Å²) >= 11 is 3.10. The Morgan fingerprint density at radius 3 is 2.80 bits per heavy atom. The Kier molecular flexibility index (Phi) is 4.79. The molecule has 0 bridgehead atoms. The number of rotatable bonds is 5. The number of anilines is 1. The normalized spacial score (nSPS) is 10.3. The maximum atomic E-state index is 13.1. The maximum Gasteiger partial charge on any atom is 0.240 e. The van der Waals surface area contributed by atoms with Gasteiger partial charge in [0.1, 0.15) is 11.6 Å². The van der Waals surface area contributed by atoms with Gasteiger partial charge in [-0.3, -0.25) is 0 Å². The second-order valence-electron chi connectivity index (χ2n) is 4.07. The predicted octanol–water partition coefficient (Wildman–Crippen LogP) is 4.15. The lowest BCUT2D eigenvalue weighted by atomic mass is 10.3. The van der Waals surface area contributed by atoms with Crippen LogP contribution in [0.3, 0.4) is 0 Å². The van der Waals surface area contributed by atoms with Crippen molar-refractivity contribution in [2.24, 2.45) is 0 Å². The number of pyridine rings is 1. The molecule has 0 saturated carbocycles. The molecule has 20 heavy (non-hydrogen) atoms. The molecule has 2 aromatic rings. The first kappa shape index (κ1) is 14.6. The number of hydrogen-bond acceptors (Lipinski definition) is 4. The molecule has 0 spiro atoms. The summed E-state index contributed by atoms with van der Waals surface area (Å²) in [5.74, 6) is 0.793. The zero-order chi connectivity index (χ0) is 14.5. The molecule has 0 amide bonds. The van der Waals surface area contributed by atoms with Crippen LogP contribution in [-0.4, -0.2) is 11.6 Å². The van der Waals surface area contributed by atoms with E-state index in [1.54, 1.807) is 12.1 Å². The third-order valence-corrected chi connectivity index (χ3v) is 3.03. The van der Waals surface area contributed by atoms with Crippen molar-refractivity contribution in [2.45, 2.75) is 13.3 Å². The first-order valence-electron chi connectivity index (χ1n) is 6.12. The van der Waals surface area contributed by atoms with E-state index in [1.165, 1.54) is 18.2 Å². The molecule has 2 N–H and O–H groups in total. The molecule has 0 aliphatic rings. The van der Waals surface area contributed by atoms with Crippen LogP contribution >= 0.6 is 15.9 Å². The van der Waals surface area contributed by atoms with E-state index in [9.17, 15) is 4.39 Å². The van der Waals surface area contributed by atoms with Gasteiger partial charge in [0.2, 0.25) is 11.8 Å². The number of benzene rings is 1. The van der Waals surface area contributed by atoms with Gasteiger partial charge in [-0.2, -0.15) is 4.98 Å². The average molecular weight is 341 g/mol. The molecule has 0 unspecified atom stereocenters. The highest BCUT2D eigenvalue weighted by Gasteiger charge is 2.07. The lowest BCUT2D eigenvalue weighted by Gasteiger charge is -2.10. The lowest BCUT2D eigenvalue weighted by Crippen LogP contribution is -2.02. The van der Waals surface area contributed by atoms with Gasteiger partial charge in [-0.15, -0.1) is 0 Å². The molecule has 6 heteroatoms. The van der Waals surface area contributed by atoms with E-state index >= 15 is 0 Å². The van der Waals surface area contributed by atoms with Gasteiger partial charge in [0.25, 0.3) is 0 Å². The van der Waals surface area contributed by atoms with Crippen molar-refractivity contribution in [1.82, 2.24) is 4.98 Å². The van der Waals surface area contributed by atoms with E-state index in [4.69, 9.17) is 15.2 Å². The summed E-state index contributed by atoms with van der Waals surface area (Å²) in [6.07, 6.45) is 0.858. The van der Waals surface area contributed by atoms with E-state index in [-0.39, 0.29) is 5.82 Å². The maximum absolute atomic E-state index is 13.1. The molecule has 4 nitrogen and oxygen atoms in total. The van der Waals surface area contributed by atoms with Crippen LogP contribution in [0.25, 0.3) is 0 Å². The number of nitrogens with zero attached hydrogens (tertiary/aromatic N) is 1. The highest BCUT2D eigenvalue weighted by Crippen LogP contribution is 2.28. The molecular weight excluding hydrogens is 327 g/mol. The van der Waals surface area contributed by atoms with Crippen LogP contribution < -0.4 is 15.2 Å². The summed E-state index contributed by atoms with van der Waals surface area (Å²) in [6.45, 7) is 2.52. The second kappa shape index (κ2) is 6.56. The topological polar surface area (TPSA) is 57.4 Å². The predicted molar refractivity (Wildman–Crippen MR) is 78.6 cm³/mol. The van der Waals surface area contributed by atoms with Crippen LogP contribution in [0.4, 0.5) is 10.1 Å². The third kappa shape index (κ3) is 3.60. The van der Waals surface area contributed by atoms with Crippen molar-refractivity contribution >= 4 is 21.6 Å². The average Bonchev–Trinajstić information content (AvgIpc) is 2.43. The quantitative estimate of drug-likeness (QED) is 0.888. The minimum Gasteiger partial charge on any atom is -0.476 e. The summed E-state index contributed by atoms with van der Waals surface area (Å²) in [7, 11) is 0. The van der Waals surface area contributed by atoms with Crippen molar-refractivity contribution in [1.29, 1.82) is 0 Å². The zero-order valence-corrected chi connectivity index (χ0v) is 12.5. The van der Waals surface area contributed by atoms with E-state index in [2.05, 4.69) is 20.9 Å².